The van der Waals surface area contributed by atoms with E-state index in [1.807, 2.05) is 20.8 Å². The van der Waals surface area contributed by atoms with Crippen molar-refractivity contribution in [1.29, 1.82) is 0 Å². The van der Waals surface area contributed by atoms with Gasteiger partial charge in [0.1, 0.15) is 11.2 Å². The van der Waals surface area contributed by atoms with Gasteiger partial charge < -0.3 is 25.6 Å². The average molecular weight is 274 g/mol. The zero-order valence-corrected chi connectivity index (χ0v) is 12.1. The summed E-state index contributed by atoms with van der Waals surface area (Å²) in [7, 11) is 0. The van der Waals surface area contributed by atoms with Crippen molar-refractivity contribution in [3.05, 3.63) is 0 Å². The number of hydrogen-bond acceptors (Lipinski definition) is 5. The molecule has 19 heavy (non-hydrogen) atoms. The average Bonchev–Trinajstić information content (AvgIpc) is 2.22. The summed E-state index contributed by atoms with van der Waals surface area (Å²) in [5.41, 5.74) is 4.58. The quantitative estimate of drug-likeness (QED) is 0.622. The van der Waals surface area contributed by atoms with E-state index in [1.54, 1.807) is 0 Å². The number of rotatable bonds is 6. The number of carbonyl (C=O) groups is 1. The van der Waals surface area contributed by atoms with Crippen LogP contribution in [0.5, 0.6) is 0 Å². The smallest absolute Gasteiger partial charge is 0.407 e. The van der Waals surface area contributed by atoms with Gasteiger partial charge in [-0.05, 0) is 33.6 Å². The van der Waals surface area contributed by atoms with Gasteiger partial charge in [-0.1, -0.05) is 6.42 Å². The second-order valence-corrected chi connectivity index (χ2v) is 6.13. The van der Waals surface area contributed by atoms with Gasteiger partial charge in [0, 0.05) is 12.6 Å². The lowest BCUT2D eigenvalue weighted by molar-refractivity contribution is -0.190. The van der Waals surface area contributed by atoms with Crippen LogP contribution < -0.4 is 11.1 Å². The van der Waals surface area contributed by atoms with Crippen LogP contribution in [0.4, 0.5) is 4.79 Å². The van der Waals surface area contributed by atoms with Crippen LogP contribution in [0.2, 0.25) is 0 Å². The highest BCUT2D eigenvalue weighted by Crippen LogP contribution is 2.22. The third-order valence-corrected chi connectivity index (χ3v) is 3.00. The van der Waals surface area contributed by atoms with E-state index in [4.69, 9.17) is 15.2 Å². The van der Waals surface area contributed by atoms with Crippen molar-refractivity contribution in [3.8, 4) is 0 Å². The molecule has 1 amide bonds. The maximum atomic E-state index is 11.4. The number of amides is 1. The molecule has 1 fully saturated rings. The fourth-order valence-corrected chi connectivity index (χ4v) is 1.79. The highest BCUT2D eigenvalue weighted by molar-refractivity contribution is 5.67. The molecule has 6 nitrogen and oxygen atoms in total. The van der Waals surface area contributed by atoms with E-state index >= 15 is 0 Å². The third-order valence-electron chi connectivity index (χ3n) is 3.00. The Morgan fingerprint density at radius 3 is 2.58 bits per heavy atom. The minimum absolute atomic E-state index is 0.261. The van der Waals surface area contributed by atoms with Crippen LogP contribution in [0, 0.1) is 0 Å². The number of nitrogens with two attached hydrogens (primary N) is 1. The van der Waals surface area contributed by atoms with E-state index < -0.39 is 17.3 Å². The van der Waals surface area contributed by atoms with Gasteiger partial charge in [-0.25, -0.2) is 4.79 Å². The summed E-state index contributed by atoms with van der Waals surface area (Å²) in [4.78, 5) is 11.4. The Bertz CT molecular complexity index is 298. The summed E-state index contributed by atoms with van der Waals surface area (Å²) in [5.74, 6) is 0. The first-order valence-electron chi connectivity index (χ1n) is 6.75. The van der Waals surface area contributed by atoms with Gasteiger partial charge in [-0.2, -0.15) is 0 Å². The first-order chi connectivity index (χ1) is 8.73. The van der Waals surface area contributed by atoms with Crippen LogP contribution >= 0.6 is 0 Å². The predicted molar refractivity (Wildman–Crippen MR) is 71.8 cm³/mol. The molecule has 1 atom stereocenters. The largest absolute Gasteiger partial charge is 0.444 e. The maximum Gasteiger partial charge on any atom is 0.407 e. The van der Waals surface area contributed by atoms with E-state index in [0.717, 1.165) is 19.3 Å². The summed E-state index contributed by atoms with van der Waals surface area (Å²) in [5, 5.41) is 12.6. The fourth-order valence-electron chi connectivity index (χ4n) is 1.79. The minimum atomic E-state index is -0.849. The molecule has 0 aliphatic carbocycles. The van der Waals surface area contributed by atoms with E-state index in [0.29, 0.717) is 19.8 Å². The number of nitrogens with one attached hydrogen (secondary N) is 1. The van der Waals surface area contributed by atoms with Gasteiger partial charge in [0.05, 0.1) is 13.2 Å². The van der Waals surface area contributed by atoms with Crippen LogP contribution in [0.15, 0.2) is 0 Å². The number of carbonyl (C=O) groups excluding carboxylic acids is 1. The molecule has 6 heteroatoms. The Labute approximate surface area is 114 Å². The molecule has 0 bridgehead atoms. The minimum Gasteiger partial charge on any atom is -0.444 e. The summed E-state index contributed by atoms with van der Waals surface area (Å²) >= 11 is 0. The molecule has 0 aromatic heterocycles. The van der Waals surface area contributed by atoms with Gasteiger partial charge in [-0.3, -0.25) is 0 Å². The van der Waals surface area contributed by atoms with Crippen molar-refractivity contribution in [2.45, 2.75) is 57.3 Å². The van der Waals surface area contributed by atoms with Crippen LogP contribution in [0.1, 0.15) is 40.0 Å². The highest BCUT2D eigenvalue weighted by Gasteiger charge is 2.41. The Kier molecular flexibility index (Phi) is 5.58. The molecule has 0 aromatic rings. The number of aliphatic hydroxyl groups is 1. The lowest BCUT2D eigenvalue weighted by Gasteiger charge is -2.41. The van der Waals surface area contributed by atoms with E-state index in [2.05, 4.69) is 5.32 Å². The highest BCUT2D eigenvalue weighted by atomic mass is 16.6. The Morgan fingerprint density at radius 2 is 2.11 bits per heavy atom. The van der Waals surface area contributed by atoms with Gasteiger partial charge >= 0.3 is 6.09 Å². The molecule has 0 saturated carbocycles. The molecular weight excluding hydrogens is 248 g/mol. The monoisotopic (exact) mass is 274 g/mol. The van der Waals surface area contributed by atoms with Crippen molar-refractivity contribution in [2.75, 3.05) is 19.8 Å². The topological polar surface area (TPSA) is 93.8 Å². The Balaban J connectivity index is 2.03. The van der Waals surface area contributed by atoms with Crippen LogP contribution in [0.25, 0.3) is 0 Å². The third kappa shape index (κ3) is 5.76. The first-order valence-corrected chi connectivity index (χ1v) is 6.75. The molecular formula is C13H26N2O4. The summed E-state index contributed by atoms with van der Waals surface area (Å²) in [6.07, 6.45) is 1.97. The van der Waals surface area contributed by atoms with Crippen molar-refractivity contribution < 1.29 is 19.4 Å². The standard InChI is InChI=1S/C13H26N2O4/c1-12(2,3)19-11(16)15-7-5-4-6-10(14)13(17)8-18-9-13/h10,17H,4-9,14H2,1-3H3,(H,15,16)/t10-/m1/s1. The van der Waals surface area contributed by atoms with Crippen molar-refractivity contribution >= 4 is 6.09 Å². The van der Waals surface area contributed by atoms with Crippen LogP contribution in [0.3, 0.4) is 0 Å². The van der Waals surface area contributed by atoms with Crippen molar-refractivity contribution in [1.82, 2.24) is 5.32 Å². The predicted octanol–water partition coefficient (Wildman–Crippen LogP) is 0.770. The molecule has 1 rings (SSSR count). The molecule has 0 aromatic carbocycles. The molecule has 1 aliphatic rings. The zero-order chi connectivity index (χ0) is 14.5. The number of hydrogen-bond donors (Lipinski definition) is 3. The van der Waals surface area contributed by atoms with Crippen molar-refractivity contribution in [3.63, 3.8) is 0 Å². The lowest BCUT2D eigenvalue weighted by Crippen LogP contribution is -2.61. The second kappa shape index (κ2) is 6.54. The Morgan fingerprint density at radius 1 is 1.47 bits per heavy atom. The fraction of sp³-hybridized carbons (Fsp3) is 0.923. The first kappa shape index (κ1) is 16.2. The number of unbranched alkanes of at least 4 members (excludes halogenated alkanes) is 1. The molecule has 1 heterocycles. The molecule has 1 aliphatic heterocycles. The molecule has 112 valence electrons. The summed E-state index contributed by atoms with van der Waals surface area (Å²) in [6, 6.07) is -0.261. The van der Waals surface area contributed by atoms with Gasteiger partial charge in [-0.15, -0.1) is 0 Å². The maximum absolute atomic E-state index is 11.4. The molecule has 0 spiro atoms. The molecule has 1 saturated heterocycles. The number of ether oxygens (including phenoxy) is 2. The Hall–Kier alpha value is -0.850. The summed E-state index contributed by atoms with van der Waals surface area (Å²) in [6.45, 7) is 6.68. The van der Waals surface area contributed by atoms with Gasteiger partial charge in [0.15, 0.2) is 0 Å². The van der Waals surface area contributed by atoms with Crippen LogP contribution in [-0.2, 0) is 9.47 Å². The molecule has 0 radical (unpaired) electrons. The molecule has 0 unspecified atom stereocenters. The SMILES string of the molecule is CC(C)(C)OC(=O)NCCCC[C@@H](N)C1(O)COC1. The van der Waals surface area contributed by atoms with E-state index in [1.165, 1.54) is 0 Å². The van der Waals surface area contributed by atoms with Gasteiger partial charge in [0.25, 0.3) is 0 Å². The lowest BCUT2D eigenvalue weighted by atomic mass is 9.89. The second-order valence-electron chi connectivity index (χ2n) is 6.13. The van der Waals surface area contributed by atoms with E-state index in [9.17, 15) is 9.90 Å². The van der Waals surface area contributed by atoms with Crippen molar-refractivity contribution in [2.24, 2.45) is 5.73 Å². The number of alkyl carbamates (subject to hydrolysis) is 1. The van der Waals surface area contributed by atoms with Gasteiger partial charge in [0.2, 0.25) is 0 Å². The normalized spacial score (nSPS) is 19.4. The van der Waals surface area contributed by atoms with Crippen LogP contribution in [-0.4, -0.2) is 48.2 Å². The molecule has 4 N–H and O–H groups in total. The zero-order valence-electron chi connectivity index (χ0n) is 12.1. The summed E-state index contributed by atoms with van der Waals surface area (Å²) < 4.78 is 10.1. The van der Waals surface area contributed by atoms with E-state index in [-0.39, 0.29) is 6.04 Å².